The topological polar surface area (TPSA) is 130 Å². The molecule has 0 unspecified atom stereocenters. The lowest BCUT2D eigenvalue weighted by Crippen LogP contribution is -2.50. The third-order valence-electron chi connectivity index (χ3n) is 13.7. The van der Waals surface area contributed by atoms with E-state index < -0.39 is 35.9 Å². The van der Waals surface area contributed by atoms with Crippen LogP contribution in [0.5, 0.6) is 17.2 Å². The molecule has 7 aromatic carbocycles. The number of ketones is 1. The molecule has 378 valence electrons. The van der Waals surface area contributed by atoms with E-state index >= 15 is 4.79 Å². The van der Waals surface area contributed by atoms with Crippen LogP contribution in [0, 0.1) is 11.8 Å². The molecular weight excluding hydrogens is 929 g/mol. The van der Waals surface area contributed by atoms with Crippen LogP contribution < -0.4 is 19.5 Å². The van der Waals surface area contributed by atoms with Crippen molar-refractivity contribution in [1.82, 2.24) is 10.2 Å². The maximum Gasteiger partial charge on any atom is 0.338 e. The Morgan fingerprint density at radius 2 is 0.986 bits per heavy atom. The molecule has 1 saturated carbocycles. The minimum atomic E-state index is -0.728. The second-order valence-electron chi connectivity index (χ2n) is 19.0. The van der Waals surface area contributed by atoms with Crippen LogP contribution in [0.15, 0.2) is 188 Å². The van der Waals surface area contributed by atoms with Gasteiger partial charge in [-0.15, -0.1) is 0 Å². The highest BCUT2D eigenvalue weighted by Crippen LogP contribution is 2.41. The normalized spacial score (nSPS) is 17.7. The second kappa shape index (κ2) is 25.6. The number of carbonyl (C=O) groups is 4. The number of hydrogen-bond acceptors (Lipinski definition) is 10. The fraction of sp³-hybridized carbons (Fsp3) is 0.270. The molecule has 0 radical (unpaired) electrons. The summed E-state index contributed by atoms with van der Waals surface area (Å²) in [7, 11) is 0. The Bertz CT molecular complexity index is 2860. The Morgan fingerprint density at radius 3 is 1.53 bits per heavy atom. The van der Waals surface area contributed by atoms with Crippen LogP contribution >= 0.6 is 0 Å². The second-order valence-corrected chi connectivity index (χ2v) is 19.0. The maximum atomic E-state index is 15.3. The smallest absolute Gasteiger partial charge is 0.338 e. The number of rotatable bonds is 20. The molecular formula is C63H62N2O9. The molecule has 2 fully saturated rings. The summed E-state index contributed by atoms with van der Waals surface area (Å²) in [4.78, 5) is 60.5. The molecule has 4 atom stereocenters. The summed E-state index contributed by atoms with van der Waals surface area (Å²) in [5.74, 6) is -2.25. The molecule has 2 aliphatic rings. The van der Waals surface area contributed by atoms with Gasteiger partial charge in [-0.1, -0.05) is 165 Å². The zero-order chi connectivity index (χ0) is 50.9. The first-order chi connectivity index (χ1) is 36.3. The fourth-order valence-corrected chi connectivity index (χ4v) is 9.77. The van der Waals surface area contributed by atoms with Gasteiger partial charge in [0.15, 0.2) is 5.78 Å². The molecule has 1 aliphatic heterocycles. The van der Waals surface area contributed by atoms with Gasteiger partial charge in [-0.2, -0.15) is 0 Å². The Labute approximate surface area is 433 Å². The first-order valence-corrected chi connectivity index (χ1v) is 25.6. The Kier molecular flexibility index (Phi) is 17.6. The Balaban J connectivity index is 1.01. The van der Waals surface area contributed by atoms with E-state index in [9.17, 15) is 14.4 Å². The van der Waals surface area contributed by atoms with Crippen LogP contribution in [-0.2, 0) is 47.2 Å². The Morgan fingerprint density at radius 1 is 0.500 bits per heavy atom. The zero-order valence-corrected chi connectivity index (χ0v) is 41.5. The van der Waals surface area contributed by atoms with Gasteiger partial charge >= 0.3 is 11.9 Å². The number of likely N-dealkylation sites (tertiary alicyclic amines) is 1. The van der Waals surface area contributed by atoms with Gasteiger partial charge in [-0.05, 0) is 96.4 Å². The highest BCUT2D eigenvalue weighted by molar-refractivity contribution is 6.06. The van der Waals surface area contributed by atoms with Crippen molar-refractivity contribution < 1.29 is 42.9 Å². The summed E-state index contributed by atoms with van der Waals surface area (Å²) in [6, 6.07) is 58.1. The van der Waals surface area contributed by atoms with Crippen molar-refractivity contribution in [2.45, 2.75) is 83.6 Å². The number of hydrogen-bond donors (Lipinski definition) is 1. The molecule has 1 N–H and O–H groups in total. The quantitative estimate of drug-likeness (QED) is 0.0582. The van der Waals surface area contributed by atoms with Gasteiger partial charge in [0.2, 0.25) is 0 Å². The third kappa shape index (κ3) is 13.9. The number of benzene rings is 7. The molecule has 74 heavy (non-hydrogen) atoms. The van der Waals surface area contributed by atoms with Crippen LogP contribution in [-0.4, -0.2) is 53.8 Å². The SMILES string of the molecule is O=C(N[C@@H]1CN(Cc2ccccc2)CCC[C@H]1OC(=O)c1cc(OCc2ccccc2)c(C(=O)[C@@H]2CCCC[C@@H]2C(=O)OCc2ccccc2)c(OCc2ccccc2)c1)c1ccc(OCc2ccccc2)cc1. The number of ether oxygens (including phenoxy) is 5. The predicted octanol–water partition coefficient (Wildman–Crippen LogP) is 11.8. The van der Waals surface area contributed by atoms with E-state index in [0.717, 1.165) is 47.2 Å². The van der Waals surface area contributed by atoms with E-state index in [4.69, 9.17) is 23.7 Å². The largest absolute Gasteiger partial charge is 0.489 e. The lowest BCUT2D eigenvalue weighted by atomic mass is 9.75. The van der Waals surface area contributed by atoms with Gasteiger partial charge in [-0.3, -0.25) is 19.3 Å². The van der Waals surface area contributed by atoms with Gasteiger partial charge in [0, 0.05) is 24.6 Å². The standard InChI is InChI=1S/C63H62N2O9/c66-60(53-29-16-17-30-54(53)63(69)73-44-49-27-14-5-15-28-49)59-57(71-42-47-23-10-3-11-24-47)37-51(38-58(59)72-43-48-25-12-4-13-26-48)62(68)74-56-31-18-36-65(39-45-19-6-1-7-20-45)40-55(56)64-61(67)50-32-34-52(35-33-50)70-41-46-21-8-2-9-22-46/h1-15,19-28,32-35,37-38,53-56H,16-18,29-31,36,39-44H2,(H,64,67)/t53-,54+,55-,56-/m1/s1. The minimum Gasteiger partial charge on any atom is -0.489 e. The van der Waals surface area contributed by atoms with E-state index in [0.29, 0.717) is 56.7 Å². The molecule has 0 bridgehead atoms. The lowest BCUT2D eigenvalue weighted by Gasteiger charge is -2.30. The van der Waals surface area contributed by atoms with E-state index in [1.54, 1.807) is 36.4 Å². The van der Waals surface area contributed by atoms with Gasteiger partial charge < -0.3 is 29.0 Å². The highest BCUT2D eigenvalue weighted by atomic mass is 16.5. The van der Waals surface area contributed by atoms with Crippen molar-refractivity contribution >= 4 is 23.6 Å². The lowest BCUT2D eigenvalue weighted by molar-refractivity contribution is -0.152. The van der Waals surface area contributed by atoms with Crippen LogP contribution in [0.2, 0.25) is 0 Å². The number of nitrogens with zero attached hydrogens (tertiary/aromatic N) is 1. The van der Waals surface area contributed by atoms with Crippen LogP contribution in [0.25, 0.3) is 0 Å². The average molecular weight is 991 g/mol. The van der Waals surface area contributed by atoms with Crippen molar-refractivity contribution in [2.24, 2.45) is 11.8 Å². The van der Waals surface area contributed by atoms with Crippen molar-refractivity contribution in [2.75, 3.05) is 13.1 Å². The first kappa shape index (κ1) is 50.9. The monoisotopic (exact) mass is 990 g/mol. The summed E-state index contributed by atoms with van der Waals surface area (Å²) < 4.78 is 31.5. The van der Waals surface area contributed by atoms with Gasteiger partial charge in [0.05, 0.1) is 17.5 Å². The van der Waals surface area contributed by atoms with Gasteiger partial charge in [0.25, 0.3) is 5.91 Å². The maximum absolute atomic E-state index is 15.3. The molecule has 11 heteroatoms. The molecule has 1 amide bonds. The fourth-order valence-electron chi connectivity index (χ4n) is 9.77. The average Bonchev–Trinajstić information content (AvgIpc) is 3.64. The molecule has 0 aromatic heterocycles. The number of esters is 2. The number of nitrogens with one attached hydrogen (secondary N) is 1. The van der Waals surface area contributed by atoms with Gasteiger partial charge in [-0.25, -0.2) is 4.79 Å². The molecule has 9 rings (SSSR count). The number of Topliss-reactive ketones (excluding diaryl/α,β-unsaturated/α-hetero) is 1. The van der Waals surface area contributed by atoms with Crippen molar-refractivity contribution in [3.63, 3.8) is 0 Å². The van der Waals surface area contributed by atoms with E-state index in [2.05, 4.69) is 22.3 Å². The highest BCUT2D eigenvalue weighted by Gasteiger charge is 2.40. The zero-order valence-electron chi connectivity index (χ0n) is 41.5. The van der Waals surface area contributed by atoms with Crippen LogP contribution in [0.4, 0.5) is 0 Å². The summed E-state index contributed by atoms with van der Waals surface area (Å²) in [5.41, 5.74) is 5.40. The van der Waals surface area contributed by atoms with Crippen molar-refractivity contribution in [3.05, 3.63) is 233 Å². The number of amides is 1. The molecule has 1 heterocycles. The third-order valence-corrected chi connectivity index (χ3v) is 13.7. The van der Waals surface area contributed by atoms with E-state index in [-0.39, 0.29) is 54.1 Å². The van der Waals surface area contributed by atoms with E-state index in [1.165, 1.54) is 0 Å². The minimum absolute atomic E-state index is 0.0824. The summed E-state index contributed by atoms with van der Waals surface area (Å²) >= 11 is 0. The van der Waals surface area contributed by atoms with Crippen LogP contribution in [0.1, 0.15) is 97.4 Å². The first-order valence-electron chi connectivity index (χ1n) is 25.6. The molecule has 7 aromatic rings. The molecule has 0 spiro atoms. The predicted molar refractivity (Wildman–Crippen MR) is 283 cm³/mol. The summed E-state index contributed by atoms with van der Waals surface area (Å²) in [5, 5.41) is 3.24. The molecule has 1 aliphatic carbocycles. The number of carbonyl (C=O) groups excluding carboxylic acids is 4. The van der Waals surface area contributed by atoms with Crippen molar-refractivity contribution in [3.8, 4) is 17.2 Å². The molecule has 11 nitrogen and oxygen atoms in total. The van der Waals surface area contributed by atoms with Crippen LogP contribution in [0.3, 0.4) is 0 Å². The van der Waals surface area contributed by atoms with Crippen molar-refractivity contribution in [1.29, 1.82) is 0 Å². The van der Waals surface area contributed by atoms with Gasteiger partial charge in [0.1, 0.15) is 55.3 Å². The summed E-state index contributed by atoms with van der Waals surface area (Å²) in [6.07, 6.45) is 2.93. The molecule has 1 saturated heterocycles. The van der Waals surface area contributed by atoms with E-state index in [1.807, 2.05) is 140 Å². The Hall–Kier alpha value is -8.02. The summed E-state index contributed by atoms with van der Waals surface area (Å²) in [6.45, 7) is 2.44.